The van der Waals surface area contributed by atoms with Crippen molar-refractivity contribution in [1.29, 1.82) is 0 Å². The van der Waals surface area contributed by atoms with Gasteiger partial charge in [-0.2, -0.15) is 0 Å². The fraction of sp³-hybridized carbons (Fsp3) is 0. The van der Waals surface area contributed by atoms with Gasteiger partial charge >= 0.3 is 0 Å². The van der Waals surface area contributed by atoms with Crippen molar-refractivity contribution in [2.45, 2.75) is 0 Å². The lowest BCUT2D eigenvalue weighted by Gasteiger charge is -2.09. The van der Waals surface area contributed by atoms with Crippen molar-refractivity contribution >= 4 is 22.1 Å². The minimum absolute atomic E-state index is 0.0157. The SMILES string of the molecule is O=C(c1ccccc1)c1c(-c2ccccc2)c(-c2ccccc2)c2c3ccccc3ccn12. The van der Waals surface area contributed by atoms with Gasteiger partial charge in [0.05, 0.1) is 5.52 Å². The van der Waals surface area contributed by atoms with E-state index in [9.17, 15) is 4.79 Å². The van der Waals surface area contributed by atoms with Crippen LogP contribution in [0.25, 0.3) is 38.5 Å². The van der Waals surface area contributed by atoms with Crippen molar-refractivity contribution in [3.8, 4) is 22.3 Å². The van der Waals surface area contributed by atoms with Gasteiger partial charge in [0.25, 0.3) is 0 Å². The van der Waals surface area contributed by atoms with Gasteiger partial charge < -0.3 is 4.40 Å². The van der Waals surface area contributed by atoms with Crippen LogP contribution in [0.3, 0.4) is 0 Å². The zero-order valence-electron chi connectivity index (χ0n) is 18.0. The number of hydrogen-bond donors (Lipinski definition) is 0. The topological polar surface area (TPSA) is 21.5 Å². The summed E-state index contributed by atoms with van der Waals surface area (Å²) in [5, 5.41) is 2.28. The van der Waals surface area contributed by atoms with Gasteiger partial charge in [0.15, 0.2) is 0 Å². The highest BCUT2D eigenvalue weighted by atomic mass is 16.1. The maximum Gasteiger partial charge on any atom is 0.210 e. The second kappa shape index (κ2) is 7.92. The van der Waals surface area contributed by atoms with Gasteiger partial charge in [-0.3, -0.25) is 4.79 Å². The lowest BCUT2D eigenvalue weighted by Crippen LogP contribution is -2.06. The first-order chi connectivity index (χ1) is 16.3. The first-order valence-electron chi connectivity index (χ1n) is 11.1. The van der Waals surface area contributed by atoms with Crippen LogP contribution in [0.5, 0.6) is 0 Å². The van der Waals surface area contributed by atoms with E-state index in [-0.39, 0.29) is 5.78 Å². The van der Waals surface area contributed by atoms with Crippen molar-refractivity contribution in [3.05, 3.63) is 139 Å². The number of benzene rings is 4. The second-order valence-electron chi connectivity index (χ2n) is 8.15. The number of rotatable bonds is 4. The van der Waals surface area contributed by atoms with E-state index in [0.29, 0.717) is 11.3 Å². The Kier molecular flexibility index (Phi) is 4.63. The molecule has 6 rings (SSSR count). The Morgan fingerprint density at radius 3 is 1.76 bits per heavy atom. The van der Waals surface area contributed by atoms with Gasteiger partial charge in [0.2, 0.25) is 5.78 Å². The highest BCUT2D eigenvalue weighted by molar-refractivity contribution is 6.19. The fourth-order valence-corrected chi connectivity index (χ4v) is 4.74. The van der Waals surface area contributed by atoms with Crippen molar-refractivity contribution in [3.63, 3.8) is 0 Å². The highest BCUT2D eigenvalue weighted by Crippen LogP contribution is 2.43. The van der Waals surface area contributed by atoms with Gasteiger partial charge in [-0.15, -0.1) is 0 Å². The van der Waals surface area contributed by atoms with Crippen molar-refractivity contribution in [2.75, 3.05) is 0 Å². The standard InChI is InChI=1S/C31H21NO/c33-31(25-17-8-3-9-18-25)30-28(24-15-6-2-7-16-24)27(23-13-4-1-5-14-23)29-26-19-11-10-12-22(26)20-21-32(29)30/h1-21H. The molecule has 0 saturated carbocycles. The first kappa shape index (κ1) is 19.3. The maximum atomic E-state index is 14.0. The normalized spacial score (nSPS) is 11.2. The number of fused-ring (bicyclic) bond motifs is 3. The second-order valence-corrected chi connectivity index (χ2v) is 8.15. The summed E-state index contributed by atoms with van der Waals surface area (Å²) in [5.74, 6) is 0.0157. The smallest absolute Gasteiger partial charge is 0.210 e. The molecule has 156 valence electrons. The van der Waals surface area contributed by atoms with Crippen LogP contribution < -0.4 is 0 Å². The Bertz CT molecular complexity index is 1600. The zero-order valence-corrected chi connectivity index (χ0v) is 18.0. The molecule has 0 N–H and O–H groups in total. The van der Waals surface area contributed by atoms with E-state index in [4.69, 9.17) is 0 Å². The van der Waals surface area contributed by atoms with Crippen molar-refractivity contribution in [2.24, 2.45) is 0 Å². The fourth-order valence-electron chi connectivity index (χ4n) is 4.74. The summed E-state index contributed by atoms with van der Waals surface area (Å²) in [5.41, 5.74) is 6.59. The van der Waals surface area contributed by atoms with E-state index >= 15 is 0 Å². The van der Waals surface area contributed by atoms with Gasteiger partial charge in [-0.05, 0) is 22.6 Å². The molecule has 0 bridgehead atoms. The monoisotopic (exact) mass is 423 g/mol. The number of carbonyl (C=O) groups excluding carboxylic acids is 1. The van der Waals surface area contributed by atoms with E-state index in [1.54, 1.807) is 0 Å². The van der Waals surface area contributed by atoms with Crippen LogP contribution in [0.15, 0.2) is 128 Å². The van der Waals surface area contributed by atoms with E-state index in [1.165, 1.54) is 0 Å². The van der Waals surface area contributed by atoms with Crippen LogP contribution in [0.1, 0.15) is 16.1 Å². The number of aromatic nitrogens is 1. The molecule has 2 heterocycles. The number of hydrogen-bond acceptors (Lipinski definition) is 1. The average Bonchev–Trinajstić information content (AvgIpc) is 3.25. The summed E-state index contributed by atoms with van der Waals surface area (Å²) in [6, 6.07) is 40.6. The summed E-state index contributed by atoms with van der Waals surface area (Å²) in [6.45, 7) is 0. The molecule has 0 amide bonds. The van der Waals surface area contributed by atoms with Crippen LogP contribution in [-0.2, 0) is 0 Å². The maximum absolute atomic E-state index is 14.0. The molecule has 0 atom stereocenters. The van der Waals surface area contributed by atoms with Crippen LogP contribution in [0.2, 0.25) is 0 Å². The van der Waals surface area contributed by atoms with Gasteiger partial charge in [0.1, 0.15) is 5.69 Å². The molecule has 0 aliphatic rings. The quantitative estimate of drug-likeness (QED) is 0.267. The molecule has 2 heteroatoms. The molecule has 2 aromatic heterocycles. The predicted octanol–water partition coefficient (Wildman–Crippen LogP) is 7.66. The third-order valence-corrected chi connectivity index (χ3v) is 6.20. The Hall–Kier alpha value is -4.43. The molecule has 0 unspecified atom stereocenters. The van der Waals surface area contributed by atoms with Gasteiger partial charge in [-0.25, -0.2) is 0 Å². The zero-order chi connectivity index (χ0) is 22.2. The van der Waals surface area contributed by atoms with Crippen LogP contribution in [0, 0.1) is 0 Å². The molecule has 0 aliphatic heterocycles. The first-order valence-corrected chi connectivity index (χ1v) is 11.1. The number of ketones is 1. The van der Waals surface area contributed by atoms with Crippen LogP contribution in [0.4, 0.5) is 0 Å². The molecule has 0 aliphatic carbocycles. The minimum atomic E-state index is 0.0157. The Labute approximate surface area is 192 Å². The molecular formula is C31H21NO. The predicted molar refractivity (Wildman–Crippen MR) is 136 cm³/mol. The summed E-state index contributed by atoms with van der Waals surface area (Å²) in [4.78, 5) is 14.0. The third kappa shape index (κ3) is 3.16. The molecule has 0 fully saturated rings. The summed E-state index contributed by atoms with van der Waals surface area (Å²) in [6.07, 6.45) is 2.03. The molecule has 0 saturated heterocycles. The van der Waals surface area contributed by atoms with Crippen LogP contribution in [-0.4, -0.2) is 10.2 Å². The summed E-state index contributed by atoms with van der Waals surface area (Å²) in [7, 11) is 0. The average molecular weight is 424 g/mol. The lowest BCUT2D eigenvalue weighted by atomic mass is 9.92. The molecule has 33 heavy (non-hydrogen) atoms. The van der Waals surface area contributed by atoms with E-state index in [0.717, 1.165) is 38.5 Å². The molecule has 0 spiro atoms. The third-order valence-electron chi connectivity index (χ3n) is 6.20. The Morgan fingerprint density at radius 1 is 0.545 bits per heavy atom. The lowest BCUT2D eigenvalue weighted by molar-refractivity contribution is 0.103. The molecular weight excluding hydrogens is 402 g/mol. The minimum Gasteiger partial charge on any atom is -0.312 e. The van der Waals surface area contributed by atoms with Crippen molar-refractivity contribution in [1.82, 2.24) is 4.40 Å². The number of nitrogens with zero attached hydrogens (tertiary/aromatic N) is 1. The van der Waals surface area contributed by atoms with E-state index in [1.807, 2.05) is 60.8 Å². The number of carbonyl (C=O) groups is 1. The Morgan fingerprint density at radius 2 is 1.09 bits per heavy atom. The largest absolute Gasteiger partial charge is 0.312 e. The summed E-state index contributed by atoms with van der Waals surface area (Å²) < 4.78 is 2.09. The van der Waals surface area contributed by atoms with Crippen molar-refractivity contribution < 1.29 is 4.79 Å². The highest BCUT2D eigenvalue weighted by Gasteiger charge is 2.27. The molecule has 0 radical (unpaired) electrons. The van der Waals surface area contributed by atoms with E-state index in [2.05, 4.69) is 71.1 Å². The summed E-state index contributed by atoms with van der Waals surface area (Å²) >= 11 is 0. The molecule has 4 aromatic carbocycles. The number of pyridine rings is 1. The van der Waals surface area contributed by atoms with Gasteiger partial charge in [-0.1, -0.05) is 115 Å². The molecule has 2 nitrogen and oxygen atoms in total. The van der Waals surface area contributed by atoms with Gasteiger partial charge in [0, 0.05) is 28.3 Å². The molecule has 6 aromatic rings. The van der Waals surface area contributed by atoms with Crippen LogP contribution >= 0.6 is 0 Å². The Balaban J connectivity index is 1.83. The van der Waals surface area contributed by atoms with E-state index < -0.39 is 0 Å².